The number of esters is 1. The molecule has 3 amide bonds. The lowest BCUT2D eigenvalue weighted by molar-refractivity contribution is -0.155. The van der Waals surface area contributed by atoms with Gasteiger partial charge in [0.2, 0.25) is 0 Å². The van der Waals surface area contributed by atoms with Crippen molar-refractivity contribution in [2.75, 3.05) is 26.9 Å². The Morgan fingerprint density at radius 2 is 2.04 bits per heavy atom. The number of hydrogen-bond acceptors (Lipinski definition) is 10. The Hall–Kier alpha value is -0.980. The molecule has 0 bridgehead atoms. The number of amides is 3. The molecule has 3 N–H and O–H groups in total. The van der Waals surface area contributed by atoms with E-state index in [9.17, 15) is 29.2 Å². The minimum absolute atomic E-state index is 0.368. The number of urea groups is 1. The van der Waals surface area contributed by atoms with Gasteiger partial charge in [-0.05, 0) is 22.5 Å². The van der Waals surface area contributed by atoms with Crippen LogP contribution in [0.1, 0.15) is 0 Å². The predicted octanol–water partition coefficient (Wildman–Crippen LogP) is -0.855. The highest BCUT2D eigenvalue weighted by atomic mass is 35.9. The number of carbonyl (C=O) groups is 3. The van der Waals surface area contributed by atoms with Crippen LogP contribution in [0.5, 0.6) is 0 Å². The topological polar surface area (TPSA) is 161 Å². The van der Waals surface area contributed by atoms with Crippen molar-refractivity contribution in [1.29, 1.82) is 0 Å². The Kier molecular flexibility index (Phi) is 7.45. The lowest BCUT2D eigenvalue weighted by atomic mass is 10.1. The lowest BCUT2D eigenvalue weighted by Gasteiger charge is -2.36. The van der Waals surface area contributed by atoms with E-state index in [1.54, 1.807) is 0 Å². The molecule has 2 unspecified atom stereocenters. The van der Waals surface area contributed by atoms with E-state index in [0.717, 1.165) is 12.0 Å². The molecule has 2 aliphatic heterocycles. The van der Waals surface area contributed by atoms with E-state index in [4.69, 9.17) is 32.0 Å². The van der Waals surface area contributed by atoms with Gasteiger partial charge in [-0.3, -0.25) is 19.6 Å². The van der Waals surface area contributed by atoms with Gasteiger partial charge in [0, 0.05) is 0 Å². The summed E-state index contributed by atoms with van der Waals surface area (Å²) in [5.41, 5.74) is 0. The fourth-order valence-corrected chi connectivity index (χ4v) is 3.12. The zero-order valence-corrected chi connectivity index (χ0v) is 16.2. The Morgan fingerprint density at radius 3 is 2.63 bits per heavy atom. The fraction of sp³-hybridized carbons (Fsp3) is 0.750. The molecule has 0 aromatic carbocycles. The van der Waals surface area contributed by atoms with Crippen LogP contribution in [-0.4, -0.2) is 90.5 Å². The van der Waals surface area contributed by atoms with Crippen LogP contribution in [-0.2, 0) is 32.9 Å². The normalized spacial score (nSPS) is 31.7. The molecule has 0 aromatic heterocycles. The van der Waals surface area contributed by atoms with Gasteiger partial charge >= 0.3 is 18.1 Å². The van der Waals surface area contributed by atoms with Crippen molar-refractivity contribution in [3.63, 3.8) is 0 Å². The van der Waals surface area contributed by atoms with E-state index in [0.29, 0.717) is 0 Å². The molecule has 0 aromatic rings. The van der Waals surface area contributed by atoms with Crippen LogP contribution in [0, 0.1) is 0 Å². The molecule has 0 radical (unpaired) electrons. The third kappa shape index (κ3) is 5.75. The molecule has 2 rings (SSSR count). The van der Waals surface area contributed by atoms with Gasteiger partial charge in [0.05, 0.1) is 20.3 Å². The summed E-state index contributed by atoms with van der Waals surface area (Å²) < 4.78 is 30.7. The third-order valence-corrected chi connectivity index (χ3v) is 4.84. The molecule has 15 heteroatoms. The highest BCUT2D eigenvalue weighted by molar-refractivity contribution is 8.05. The first-order valence-electron chi connectivity index (χ1n) is 7.49. The number of hydrogen-bond donors (Lipinski definition) is 3. The minimum atomic E-state index is -3.90. The van der Waals surface area contributed by atoms with Gasteiger partial charge < -0.3 is 28.9 Å². The van der Waals surface area contributed by atoms with Crippen molar-refractivity contribution in [2.45, 2.75) is 30.6 Å². The van der Waals surface area contributed by atoms with Crippen LogP contribution in [0.3, 0.4) is 0 Å². The number of nitrogens with one attached hydrogen (secondary N) is 1. The summed E-state index contributed by atoms with van der Waals surface area (Å²) in [6.45, 7) is -1.42. The summed E-state index contributed by atoms with van der Waals surface area (Å²) in [6.07, 6.45) is -10.8. The van der Waals surface area contributed by atoms with E-state index in [2.05, 4.69) is 9.26 Å². The van der Waals surface area contributed by atoms with Crippen molar-refractivity contribution in [3.8, 4) is 0 Å². The maximum Gasteiger partial charge on any atom is 0.380 e. The maximum atomic E-state index is 12.1. The first-order chi connectivity index (χ1) is 12.5. The average Bonchev–Trinajstić information content (AvgIpc) is 2.86. The Bertz CT molecular complexity index is 646. The maximum absolute atomic E-state index is 12.1. The van der Waals surface area contributed by atoms with Gasteiger partial charge in [0.25, 0.3) is 5.91 Å². The van der Waals surface area contributed by atoms with Crippen molar-refractivity contribution >= 4 is 46.5 Å². The average molecular weight is 451 g/mol. The summed E-state index contributed by atoms with van der Waals surface area (Å²) in [4.78, 5) is 35.9. The second-order valence-corrected chi connectivity index (χ2v) is 9.86. The summed E-state index contributed by atoms with van der Waals surface area (Å²) in [7, 11) is 1.13. The van der Waals surface area contributed by atoms with E-state index in [-0.39, 0.29) is 6.54 Å². The molecule has 12 nitrogen and oxygen atoms in total. The zero-order chi connectivity index (χ0) is 20.4. The summed E-state index contributed by atoms with van der Waals surface area (Å²) in [5, 5.41) is 22.2. The molecule has 5 atom stereocenters. The molecular weight excluding hydrogens is 434 g/mol. The number of rotatable bonds is 7. The van der Waals surface area contributed by atoms with E-state index in [1.807, 2.05) is 5.32 Å². The highest BCUT2D eigenvalue weighted by Gasteiger charge is 2.50. The summed E-state index contributed by atoms with van der Waals surface area (Å²) in [5.74, 6) is -1.53. The molecule has 2 aliphatic rings. The molecule has 2 fully saturated rings. The van der Waals surface area contributed by atoms with E-state index < -0.39 is 67.8 Å². The highest BCUT2D eigenvalue weighted by Crippen LogP contribution is 2.57. The number of aliphatic hydroxyl groups excluding tert-OH is 2. The standard InChI is InChI=1S/C12H17Cl2N2O10P/c1-23-7(17)4-24-5-2-16(12(21)15-10(5)20)11-9(19)8(18)6(26-11)3-25-27(13,14)22/h5-6,8-9,11,18-19H,2-4H2,1H3,(H,15,20,21)/t5?,6-,8+,9?,11-/m1/s1. The van der Waals surface area contributed by atoms with Crippen LogP contribution in [0.2, 0.25) is 0 Å². The first kappa shape index (κ1) is 22.3. The Morgan fingerprint density at radius 1 is 1.37 bits per heavy atom. The molecule has 27 heavy (non-hydrogen) atoms. The molecule has 0 saturated carbocycles. The van der Waals surface area contributed by atoms with Gasteiger partial charge in [-0.15, -0.1) is 0 Å². The molecule has 0 spiro atoms. The van der Waals surface area contributed by atoms with Crippen molar-refractivity contribution in [1.82, 2.24) is 10.2 Å². The number of aliphatic hydroxyl groups is 2. The van der Waals surface area contributed by atoms with Gasteiger partial charge in [0.15, 0.2) is 12.3 Å². The van der Waals surface area contributed by atoms with E-state index >= 15 is 0 Å². The predicted molar refractivity (Wildman–Crippen MR) is 87.9 cm³/mol. The lowest BCUT2D eigenvalue weighted by Crippen LogP contribution is -2.62. The van der Waals surface area contributed by atoms with Gasteiger partial charge in [-0.2, -0.15) is 0 Å². The number of imide groups is 1. The van der Waals surface area contributed by atoms with E-state index in [1.165, 1.54) is 0 Å². The molecule has 154 valence electrons. The van der Waals surface area contributed by atoms with Crippen LogP contribution in [0.15, 0.2) is 0 Å². The van der Waals surface area contributed by atoms with Crippen molar-refractivity contribution in [3.05, 3.63) is 0 Å². The molecule has 2 heterocycles. The van der Waals surface area contributed by atoms with Crippen LogP contribution in [0.4, 0.5) is 4.79 Å². The van der Waals surface area contributed by atoms with Crippen molar-refractivity contribution < 1.29 is 47.9 Å². The zero-order valence-electron chi connectivity index (χ0n) is 13.8. The van der Waals surface area contributed by atoms with Crippen LogP contribution >= 0.6 is 28.6 Å². The quantitative estimate of drug-likeness (QED) is 0.328. The number of ether oxygens (including phenoxy) is 3. The second-order valence-electron chi connectivity index (χ2n) is 5.58. The minimum Gasteiger partial charge on any atom is -0.467 e. The number of methoxy groups -OCH3 is 1. The van der Waals surface area contributed by atoms with Crippen LogP contribution < -0.4 is 5.32 Å². The Balaban J connectivity index is 2.04. The number of nitrogens with zero attached hydrogens (tertiary/aromatic N) is 1. The monoisotopic (exact) mass is 450 g/mol. The fourth-order valence-electron chi connectivity index (χ4n) is 2.46. The number of carbonyl (C=O) groups excluding carboxylic acids is 3. The summed E-state index contributed by atoms with van der Waals surface area (Å²) in [6, 6.07) is -0.906. The Labute approximate surface area is 162 Å². The molecule has 2 saturated heterocycles. The van der Waals surface area contributed by atoms with Crippen molar-refractivity contribution in [2.24, 2.45) is 0 Å². The first-order valence-corrected chi connectivity index (χ1v) is 10.9. The van der Waals surface area contributed by atoms with Crippen LogP contribution in [0.25, 0.3) is 0 Å². The smallest absolute Gasteiger partial charge is 0.380 e. The SMILES string of the molecule is COC(=O)COC1CN([C@@H]2O[C@H](COP(=O)(Cl)Cl)[C@H](O)C2O)C(=O)NC1=O. The largest absolute Gasteiger partial charge is 0.467 e. The molecule has 0 aliphatic carbocycles. The summed E-state index contributed by atoms with van der Waals surface area (Å²) >= 11 is 10.5. The van der Waals surface area contributed by atoms with Gasteiger partial charge in [-0.1, -0.05) is 0 Å². The third-order valence-electron chi connectivity index (χ3n) is 3.81. The second kappa shape index (κ2) is 9.01. The molecular formula is C12H17Cl2N2O10P. The van der Waals surface area contributed by atoms with Gasteiger partial charge in [0.1, 0.15) is 24.9 Å². The van der Waals surface area contributed by atoms with Gasteiger partial charge in [-0.25, -0.2) is 9.59 Å². The number of halogens is 2.